The fraction of sp³-hybridized carbons (Fsp3) is 0.500. The molecular weight excluding hydrogens is 266 g/mol. The highest BCUT2D eigenvalue weighted by atomic mass is 35.5. The molecule has 100 valence electrons. The number of carbonyl (C=O) groups excluding carboxylic acids is 1. The third kappa shape index (κ3) is 4.30. The van der Waals surface area contributed by atoms with E-state index >= 15 is 0 Å². The Bertz CT molecular complexity index is 365. The Morgan fingerprint density at radius 2 is 1.89 bits per heavy atom. The van der Waals surface area contributed by atoms with Crippen LogP contribution in [0.5, 0.6) is 0 Å². The standard InChI is InChI=1S/C14H19NOS.ClH/c1-12(11-15-7-9-17-10-8-15)14(16)13-5-3-2-4-6-13;/h2-6,12H,7-11H2,1H3;1H. The van der Waals surface area contributed by atoms with Gasteiger partial charge in [0.05, 0.1) is 25.6 Å². The summed E-state index contributed by atoms with van der Waals surface area (Å²) < 4.78 is 0. The number of hydrogen-bond acceptors (Lipinski definition) is 2. The molecule has 0 bridgehead atoms. The summed E-state index contributed by atoms with van der Waals surface area (Å²) in [5.41, 5.74) is 0.853. The zero-order chi connectivity index (χ0) is 12.1. The first-order valence-corrected chi connectivity index (χ1v) is 7.43. The first-order chi connectivity index (χ1) is 8.27. The summed E-state index contributed by atoms with van der Waals surface area (Å²) in [5.74, 6) is 2.90. The van der Waals surface area contributed by atoms with Crippen LogP contribution in [0.3, 0.4) is 0 Å². The fourth-order valence-electron chi connectivity index (χ4n) is 2.28. The molecule has 1 aromatic carbocycles. The highest BCUT2D eigenvalue weighted by molar-refractivity contribution is 7.99. The molecular formula is C14H20ClNOS. The maximum Gasteiger partial charge on any atom is 0.171 e. The van der Waals surface area contributed by atoms with Crippen LogP contribution in [0.25, 0.3) is 0 Å². The molecule has 1 saturated heterocycles. The number of benzene rings is 1. The van der Waals surface area contributed by atoms with Crippen LogP contribution in [0.2, 0.25) is 0 Å². The molecule has 0 saturated carbocycles. The van der Waals surface area contributed by atoms with Gasteiger partial charge in [-0.05, 0) is 6.92 Å². The van der Waals surface area contributed by atoms with Gasteiger partial charge >= 0.3 is 0 Å². The lowest BCUT2D eigenvalue weighted by Crippen LogP contribution is -3.14. The monoisotopic (exact) mass is 285 g/mol. The molecule has 1 aliphatic heterocycles. The second-order valence-corrected chi connectivity index (χ2v) is 5.92. The van der Waals surface area contributed by atoms with Crippen LogP contribution in [-0.2, 0) is 0 Å². The minimum Gasteiger partial charge on any atom is -1.00 e. The van der Waals surface area contributed by atoms with Crippen LogP contribution in [0.4, 0.5) is 0 Å². The Balaban J connectivity index is 0.00000162. The van der Waals surface area contributed by atoms with Gasteiger partial charge in [-0.2, -0.15) is 11.8 Å². The van der Waals surface area contributed by atoms with Crippen molar-refractivity contribution in [3.8, 4) is 0 Å². The van der Waals surface area contributed by atoms with Crippen molar-refractivity contribution in [2.45, 2.75) is 6.92 Å². The molecule has 1 fully saturated rings. The number of nitrogens with one attached hydrogen (secondary N) is 1. The van der Waals surface area contributed by atoms with E-state index in [4.69, 9.17) is 0 Å². The summed E-state index contributed by atoms with van der Waals surface area (Å²) in [4.78, 5) is 13.8. The van der Waals surface area contributed by atoms with E-state index in [0.29, 0.717) is 0 Å². The third-order valence-corrected chi connectivity index (χ3v) is 4.29. The van der Waals surface area contributed by atoms with Crippen molar-refractivity contribution in [1.82, 2.24) is 0 Å². The number of rotatable bonds is 4. The van der Waals surface area contributed by atoms with E-state index in [-0.39, 0.29) is 24.1 Å². The average Bonchev–Trinajstić information content (AvgIpc) is 2.40. The Morgan fingerprint density at radius 3 is 2.50 bits per heavy atom. The normalized spacial score (nSPS) is 17.8. The number of hydrogen-bond donors (Lipinski definition) is 1. The van der Waals surface area contributed by atoms with Crippen molar-refractivity contribution < 1.29 is 22.1 Å². The summed E-state index contributed by atoms with van der Waals surface area (Å²) in [6.45, 7) is 5.45. The van der Waals surface area contributed by atoms with Gasteiger partial charge in [0.25, 0.3) is 0 Å². The molecule has 1 aliphatic rings. The molecule has 4 heteroatoms. The Morgan fingerprint density at radius 1 is 1.28 bits per heavy atom. The number of thioether (sulfide) groups is 1. The zero-order valence-electron chi connectivity index (χ0n) is 10.7. The van der Waals surface area contributed by atoms with Gasteiger partial charge in [-0.15, -0.1) is 0 Å². The number of halogens is 1. The van der Waals surface area contributed by atoms with Gasteiger partial charge in [-0.3, -0.25) is 4.79 Å². The van der Waals surface area contributed by atoms with Crippen molar-refractivity contribution in [3.05, 3.63) is 35.9 Å². The number of carbonyl (C=O) groups is 1. The number of ketones is 1. The second-order valence-electron chi connectivity index (χ2n) is 4.70. The van der Waals surface area contributed by atoms with Crippen molar-refractivity contribution in [3.63, 3.8) is 0 Å². The molecule has 1 unspecified atom stereocenters. The van der Waals surface area contributed by atoms with E-state index < -0.39 is 0 Å². The highest BCUT2D eigenvalue weighted by Crippen LogP contribution is 2.07. The van der Waals surface area contributed by atoms with Crippen LogP contribution >= 0.6 is 11.8 Å². The molecule has 0 aliphatic carbocycles. The lowest BCUT2D eigenvalue weighted by molar-refractivity contribution is -0.898. The molecule has 1 aromatic rings. The summed E-state index contributed by atoms with van der Waals surface area (Å²) in [7, 11) is 0. The molecule has 0 amide bonds. The molecule has 0 spiro atoms. The van der Waals surface area contributed by atoms with E-state index in [2.05, 4.69) is 6.92 Å². The third-order valence-electron chi connectivity index (χ3n) is 3.30. The number of Topliss-reactive ketones (excluding diaryl/α,β-unsaturated/α-hetero) is 1. The van der Waals surface area contributed by atoms with Crippen molar-refractivity contribution in [1.29, 1.82) is 0 Å². The average molecular weight is 286 g/mol. The quantitative estimate of drug-likeness (QED) is 0.656. The molecule has 1 N–H and O–H groups in total. The van der Waals surface area contributed by atoms with Crippen molar-refractivity contribution >= 4 is 17.5 Å². The Labute approximate surface area is 120 Å². The van der Waals surface area contributed by atoms with Crippen LogP contribution in [0.15, 0.2) is 30.3 Å². The predicted octanol–water partition coefficient (Wildman–Crippen LogP) is -1.86. The van der Waals surface area contributed by atoms with E-state index in [1.54, 1.807) is 4.90 Å². The molecule has 2 rings (SSSR count). The minimum absolute atomic E-state index is 0. The van der Waals surface area contributed by atoms with Gasteiger partial charge in [0.15, 0.2) is 5.78 Å². The van der Waals surface area contributed by atoms with E-state index in [0.717, 1.165) is 12.1 Å². The van der Waals surface area contributed by atoms with Crippen LogP contribution in [-0.4, -0.2) is 36.9 Å². The van der Waals surface area contributed by atoms with Crippen LogP contribution in [0.1, 0.15) is 17.3 Å². The highest BCUT2D eigenvalue weighted by Gasteiger charge is 2.22. The molecule has 2 nitrogen and oxygen atoms in total. The van der Waals surface area contributed by atoms with E-state index in [1.807, 2.05) is 42.1 Å². The van der Waals surface area contributed by atoms with E-state index in [1.165, 1.54) is 24.6 Å². The summed E-state index contributed by atoms with van der Waals surface area (Å²) >= 11 is 2.02. The maximum atomic E-state index is 12.2. The lowest BCUT2D eigenvalue weighted by Gasteiger charge is -2.25. The molecule has 0 aromatic heterocycles. The lowest BCUT2D eigenvalue weighted by atomic mass is 9.99. The molecule has 18 heavy (non-hydrogen) atoms. The topological polar surface area (TPSA) is 21.5 Å². The number of quaternary nitrogens is 1. The van der Waals surface area contributed by atoms with Gasteiger partial charge < -0.3 is 17.3 Å². The molecule has 1 atom stereocenters. The van der Waals surface area contributed by atoms with Gasteiger partial charge in [0.1, 0.15) is 0 Å². The first-order valence-electron chi connectivity index (χ1n) is 6.28. The summed E-state index contributed by atoms with van der Waals surface area (Å²) in [6, 6.07) is 9.66. The van der Waals surface area contributed by atoms with E-state index in [9.17, 15) is 4.79 Å². The summed E-state index contributed by atoms with van der Waals surface area (Å²) in [6.07, 6.45) is 0. The smallest absolute Gasteiger partial charge is 0.171 e. The molecule has 0 radical (unpaired) electrons. The second kappa shape index (κ2) is 7.82. The summed E-state index contributed by atoms with van der Waals surface area (Å²) in [5, 5.41) is 0. The Hall–Kier alpha value is -0.510. The first kappa shape index (κ1) is 15.5. The largest absolute Gasteiger partial charge is 1.00 e. The van der Waals surface area contributed by atoms with Gasteiger partial charge in [0.2, 0.25) is 0 Å². The Kier molecular flexibility index (Phi) is 6.76. The van der Waals surface area contributed by atoms with Gasteiger partial charge in [0, 0.05) is 17.1 Å². The van der Waals surface area contributed by atoms with Gasteiger partial charge in [-0.25, -0.2) is 0 Å². The maximum absolute atomic E-state index is 12.2. The zero-order valence-corrected chi connectivity index (χ0v) is 12.3. The van der Waals surface area contributed by atoms with Crippen LogP contribution < -0.4 is 17.3 Å². The fourth-order valence-corrected chi connectivity index (χ4v) is 3.35. The minimum atomic E-state index is 0. The van der Waals surface area contributed by atoms with Crippen LogP contribution in [0, 0.1) is 5.92 Å². The predicted molar refractivity (Wildman–Crippen MR) is 72.8 cm³/mol. The molecule has 1 heterocycles. The van der Waals surface area contributed by atoms with Crippen molar-refractivity contribution in [2.24, 2.45) is 5.92 Å². The van der Waals surface area contributed by atoms with Crippen molar-refractivity contribution in [2.75, 3.05) is 31.1 Å². The van der Waals surface area contributed by atoms with Gasteiger partial charge in [-0.1, -0.05) is 30.3 Å². The SMILES string of the molecule is CC(C[NH+]1CCSCC1)C(=O)c1ccccc1.[Cl-].